The lowest BCUT2D eigenvalue weighted by molar-refractivity contribution is -0.0181. The van der Waals surface area contributed by atoms with Crippen molar-refractivity contribution in [3.63, 3.8) is 0 Å². The maximum Gasteiger partial charge on any atom is 0.410 e. The first-order valence-corrected chi connectivity index (χ1v) is 6.77. The second kappa shape index (κ2) is 5.47. The highest BCUT2D eigenvalue weighted by molar-refractivity contribution is 5.69. The number of hydrogen-bond donors (Lipinski definition) is 1. The molecule has 1 saturated carbocycles. The van der Waals surface area contributed by atoms with Gasteiger partial charge >= 0.3 is 6.09 Å². The molecule has 1 N–H and O–H groups in total. The largest absolute Gasteiger partial charge is 0.444 e. The standard InChI is InChI=1S/C14H27NO3/c1-13(2,3)18-12(17)15(14(4,5)10-16)9-11-7-6-8-11/h11,16H,6-10H2,1-5H3. The highest BCUT2D eigenvalue weighted by atomic mass is 16.6. The van der Waals surface area contributed by atoms with Crippen LogP contribution in [0, 0.1) is 5.92 Å². The fourth-order valence-corrected chi connectivity index (χ4v) is 1.90. The molecule has 1 fully saturated rings. The van der Waals surface area contributed by atoms with E-state index in [1.54, 1.807) is 4.90 Å². The number of hydrogen-bond acceptors (Lipinski definition) is 3. The average molecular weight is 257 g/mol. The van der Waals surface area contributed by atoms with E-state index in [1.807, 2.05) is 34.6 Å². The molecule has 0 aromatic rings. The molecule has 4 heteroatoms. The van der Waals surface area contributed by atoms with Crippen LogP contribution in [-0.4, -0.2) is 40.4 Å². The van der Waals surface area contributed by atoms with Crippen LogP contribution in [-0.2, 0) is 4.74 Å². The zero-order valence-electron chi connectivity index (χ0n) is 12.3. The highest BCUT2D eigenvalue weighted by Gasteiger charge is 2.36. The van der Waals surface area contributed by atoms with E-state index in [-0.39, 0.29) is 12.7 Å². The Hall–Kier alpha value is -0.770. The van der Waals surface area contributed by atoms with Gasteiger partial charge in [-0.05, 0) is 53.4 Å². The van der Waals surface area contributed by atoms with Crippen molar-refractivity contribution < 1.29 is 14.6 Å². The fourth-order valence-electron chi connectivity index (χ4n) is 1.90. The SMILES string of the molecule is CC(C)(C)OC(=O)N(CC1CCC1)C(C)(C)CO. The highest BCUT2D eigenvalue weighted by Crippen LogP contribution is 2.30. The molecule has 0 bridgehead atoms. The van der Waals surface area contributed by atoms with Gasteiger partial charge < -0.3 is 14.7 Å². The normalized spacial score (nSPS) is 17.2. The smallest absolute Gasteiger partial charge is 0.410 e. The summed E-state index contributed by atoms with van der Waals surface area (Å²) in [7, 11) is 0. The van der Waals surface area contributed by atoms with Crippen molar-refractivity contribution in [1.29, 1.82) is 0 Å². The van der Waals surface area contributed by atoms with Gasteiger partial charge in [0, 0.05) is 6.54 Å². The molecule has 0 heterocycles. The van der Waals surface area contributed by atoms with Crippen LogP contribution in [0.1, 0.15) is 53.9 Å². The zero-order valence-corrected chi connectivity index (χ0v) is 12.3. The van der Waals surface area contributed by atoms with Gasteiger partial charge in [0.15, 0.2) is 0 Å². The van der Waals surface area contributed by atoms with Crippen molar-refractivity contribution in [3.8, 4) is 0 Å². The third-order valence-corrected chi connectivity index (χ3v) is 3.40. The quantitative estimate of drug-likeness (QED) is 0.842. The summed E-state index contributed by atoms with van der Waals surface area (Å²) in [6.07, 6.45) is 3.25. The van der Waals surface area contributed by atoms with Crippen LogP contribution in [0.2, 0.25) is 0 Å². The van der Waals surface area contributed by atoms with E-state index >= 15 is 0 Å². The predicted octanol–water partition coefficient (Wildman–Crippen LogP) is 2.79. The van der Waals surface area contributed by atoms with Crippen molar-refractivity contribution in [1.82, 2.24) is 4.90 Å². The molecule has 1 amide bonds. The topological polar surface area (TPSA) is 49.8 Å². The second-order valence-electron chi connectivity index (χ2n) is 6.86. The minimum atomic E-state index is -0.572. The summed E-state index contributed by atoms with van der Waals surface area (Å²) in [4.78, 5) is 13.9. The molecule has 4 nitrogen and oxygen atoms in total. The first kappa shape index (κ1) is 15.3. The summed E-state index contributed by atoms with van der Waals surface area (Å²) < 4.78 is 5.43. The molecule has 1 aliphatic carbocycles. The van der Waals surface area contributed by atoms with Crippen LogP contribution in [0.25, 0.3) is 0 Å². The monoisotopic (exact) mass is 257 g/mol. The third-order valence-electron chi connectivity index (χ3n) is 3.40. The summed E-state index contributed by atoms with van der Waals surface area (Å²) in [5.41, 5.74) is -1.07. The van der Waals surface area contributed by atoms with Gasteiger partial charge in [-0.15, -0.1) is 0 Å². The molecule has 0 aromatic heterocycles. The number of ether oxygens (including phenoxy) is 1. The van der Waals surface area contributed by atoms with Gasteiger partial charge in [0.25, 0.3) is 0 Å². The second-order valence-corrected chi connectivity index (χ2v) is 6.86. The van der Waals surface area contributed by atoms with E-state index < -0.39 is 11.1 Å². The van der Waals surface area contributed by atoms with E-state index in [0.29, 0.717) is 12.5 Å². The Bertz CT molecular complexity index is 290. The Kier molecular flexibility index (Phi) is 4.65. The molecule has 0 aromatic carbocycles. The maximum atomic E-state index is 12.2. The molecule has 0 atom stereocenters. The molecule has 0 unspecified atom stereocenters. The van der Waals surface area contributed by atoms with E-state index in [2.05, 4.69) is 0 Å². The lowest BCUT2D eigenvalue weighted by Crippen LogP contribution is -2.54. The van der Waals surface area contributed by atoms with Crippen LogP contribution in [0.5, 0.6) is 0 Å². The summed E-state index contributed by atoms with van der Waals surface area (Å²) in [5.74, 6) is 0.559. The Labute approximate surface area is 110 Å². The van der Waals surface area contributed by atoms with Crippen molar-refractivity contribution in [2.75, 3.05) is 13.2 Å². The molecular weight excluding hydrogens is 230 g/mol. The van der Waals surface area contributed by atoms with Crippen LogP contribution in [0.3, 0.4) is 0 Å². The Morgan fingerprint density at radius 3 is 2.17 bits per heavy atom. The number of carbonyl (C=O) groups excluding carboxylic acids is 1. The maximum absolute atomic E-state index is 12.2. The lowest BCUT2D eigenvalue weighted by Gasteiger charge is -2.41. The Morgan fingerprint density at radius 2 is 1.83 bits per heavy atom. The molecule has 1 aliphatic rings. The van der Waals surface area contributed by atoms with E-state index in [4.69, 9.17) is 4.74 Å². The molecule has 0 aliphatic heterocycles. The minimum absolute atomic E-state index is 0.0566. The number of rotatable bonds is 4. The summed E-state index contributed by atoms with van der Waals surface area (Å²) >= 11 is 0. The molecule has 18 heavy (non-hydrogen) atoms. The van der Waals surface area contributed by atoms with Crippen molar-refractivity contribution >= 4 is 6.09 Å². The first-order valence-electron chi connectivity index (χ1n) is 6.77. The number of aliphatic hydroxyl groups is 1. The van der Waals surface area contributed by atoms with E-state index in [0.717, 1.165) is 0 Å². The van der Waals surface area contributed by atoms with Gasteiger partial charge in [0.1, 0.15) is 5.60 Å². The Morgan fingerprint density at radius 1 is 1.28 bits per heavy atom. The van der Waals surface area contributed by atoms with E-state index in [9.17, 15) is 9.90 Å². The van der Waals surface area contributed by atoms with Gasteiger partial charge in [0.05, 0.1) is 12.1 Å². The van der Waals surface area contributed by atoms with E-state index in [1.165, 1.54) is 19.3 Å². The van der Waals surface area contributed by atoms with Crippen molar-refractivity contribution in [2.24, 2.45) is 5.92 Å². The van der Waals surface area contributed by atoms with Gasteiger partial charge in [-0.2, -0.15) is 0 Å². The molecule has 106 valence electrons. The fraction of sp³-hybridized carbons (Fsp3) is 0.929. The summed E-state index contributed by atoms with van der Waals surface area (Å²) in [6, 6.07) is 0. The number of carbonyl (C=O) groups is 1. The lowest BCUT2D eigenvalue weighted by atomic mass is 9.84. The van der Waals surface area contributed by atoms with Crippen LogP contribution in [0.15, 0.2) is 0 Å². The predicted molar refractivity (Wildman–Crippen MR) is 71.4 cm³/mol. The number of nitrogens with zero attached hydrogens (tertiary/aromatic N) is 1. The molecule has 0 radical (unpaired) electrons. The zero-order chi connectivity index (χ0) is 14.0. The van der Waals surface area contributed by atoms with Gasteiger partial charge in [-0.25, -0.2) is 4.79 Å². The number of aliphatic hydroxyl groups excluding tert-OH is 1. The van der Waals surface area contributed by atoms with Crippen molar-refractivity contribution in [3.05, 3.63) is 0 Å². The van der Waals surface area contributed by atoms with Gasteiger partial charge in [-0.3, -0.25) is 0 Å². The molecule has 1 rings (SSSR count). The van der Waals surface area contributed by atoms with Gasteiger partial charge in [0.2, 0.25) is 0 Å². The average Bonchev–Trinajstić information content (AvgIpc) is 2.12. The first-order chi connectivity index (χ1) is 8.15. The minimum Gasteiger partial charge on any atom is -0.444 e. The van der Waals surface area contributed by atoms with Gasteiger partial charge in [-0.1, -0.05) is 6.42 Å². The van der Waals surface area contributed by atoms with Crippen LogP contribution in [0.4, 0.5) is 4.79 Å². The van der Waals surface area contributed by atoms with Crippen molar-refractivity contribution in [2.45, 2.75) is 65.0 Å². The van der Waals surface area contributed by atoms with Crippen LogP contribution < -0.4 is 0 Å². The number of amides is 1. The molecular formula is C14H27NO3. The molecule has 0 spiro atoms. The summed E-state index contributed by atoms with van der Waals surface area (Å²) in [5, 5.41) is 9.47. The van der Waals surface area contributed by atoms with Crippen LogP contribution >= 0.6 is 0 Å². The Balaban J connectivity index is 2.72. The third kappa shape index (κ3) is 4.16. The molecule has 0 saturated heterocycles. The summed E-state index contributed by atoms with van der Waals surface area (Å²) in [6.45, 7) is 9.95.